The molecule has 1 aliphatic heterocycles. The Balaban J connectivity index is 1.44. The molecule has 3 heterocycles. The summed E-state index contributed by atoms with van der Waals surface area (Å²) in [5, 5.41) is 6.70. The van der Waals surface area contributed by atoms with Crippen molar-refractivity contribution in [3.05, 3.63) is 54.6 Å². The van der Waals surface area contributed by atoms with Gasteiger partial charge in [0.1, 0.15) is 11.6 Å². The quantitative estimate of drug-likeness (QED) is 0.685. The van der Waals surface area contributed by atoms with Gasteiger partial charge in [0.05, 0.1) is 24.4 Å². The van der Waals surface area contributed by atoms with Gasteiger partial charge in [-0.05, 0) is 69.0 Å². The molecule has 0 spiro atoms. The van der Waals surface area contributed by atoms with Crippen molar-refractivity contribution in [1.29, 1.82) is 0 Å². The van der Waals surface area contributed by atoms with Crippen LogP contribution in [0.15, 0.2) is 48.8 Å². The van der Waals surface area contributed by atoms with Gasteiger partial charge in [-0.3, -0.25) is 4.79 Å². The minimum Gasteiger partial charge on any atom is -0.497 e. The van der Waals surface area contributed by atoms with Crippen LogP contribution in [0.4, 0.5) is 0 Å². The Kier molecular flexibility index (Phi) is 4.54. The first-order valence-electron chi connectivity index (χ1n) is 10.6. The first-order chi connectivity index (χ1) is 14.5. The van der Waals surface area contributed by atoms with Gasteiger partial charge in [-0.2, -0.15) is 0 Å². The number of amides is 1. The lowest BCUT2D eigenvalue weighted by Crippen LogP contribution is -2.60. The van der Waals surface area contributed by atoms with Gasteiger partial charge in [0.15, 0.2) is 0 Å². The maximum atomic E-state index is 13.0. The first-order valence-corrected chi connectivity index (χ1v) is 10.6. The molecule has 5 rings (SSSR count). The highest BCUT2D eigenvalue weighted by Crippen LogP contribution is 2.43. The molecular weight excluding hydrogens is 376 g/mol. The molecule has 2 aliphatic rings. The van der Waals surface area contributed by atoms with Gasteiger partial charge >= 0.3 is 0 Å². The summed E-state index contributed by atoms with van der Waals surface area (Å²) in [5.41, 5.74) is 2.65. The molecule has 1 aliphatic carbocycles. The number of ether oxygens (including phenoxy) is 1. The summed E-state index contributed by atoms with van der Waals surface area (Å²) in [7, 11) is 1.67. The number of rotatable bonds is 5. The average molecular weight is 405 g/mol. The van der Waals surface area contributed by atoms with Crippen molar-refractivity contribution < 1.29 is 9.53 Å². The van der Waals surface area contributed by atoms with Crippen molar-refractivity contribution in [3.8, 4) is 16.9 Å². The van der Waals surface area contributed by atoms with Crippen LogP contribution in [0, 0.1) is 17.8 Å². The summed E-state index contributed by atoms with van der Waals surface area (Å²) in [6.07, 6.45) is 5.08. The van der Waals surface area contributed by atoms with Crippen molar-refractivity contribution in [3.63, 3.8) is 0 Å². The Hall–Kier alpha value is -2.86. The highest BCUT2D eigenvalue weighted by molar-refractivity contribution is 5.82. The van der Waals surface area contributed by atoms with Crippen LogP contribution < -0.4 is 15.4 Å². The molecule has 30 heavy (non-hydrogen) atoms. The van der Waals surface area contributed by atoms with Gasteiger partial charge in [-0.1, -0.05) is 18.2 Å². The van der Waals surface area contributed by atoms with Crippen LogP contribution in [0.3, 0.4) is 0 Å². The maximum Gasteiger partial charge on any atom is 0.224 e. The topological polar surface area (TPSA) is 67.7 Å². The number of methoxy groups -OCH3 is 1. The number of fused-ring (bicyclic) bond motifs is 3. The van der Waals surface area contributed by atoms with E-state index in [4.69, 9.17) is 9.72 Å². The minimum absolute atomic E-state index is 0.131. The predicted molar refractivity (Wildman–Crippen MR) is 116 cm³/mol. The van der Waals surface area contributed by atoms with Crippen LogP contribution in [0.1, 0.15) is 26.1 Å². The molecule has 2 aromatic heterocycles. The standard InChI is InChI=1S/C24H28N4O2/c1-24(2,27-22(29)21-16-11-17(21)13-25-12-16)23-26-14-20-19(5-4-10-28(20)23)15-6-8-18(30-3)9-7-15/h4-10,14,16-17,21,25H,11-13H2,1-3H3,(H,27,29)/t16-,17+,21?. The van der Waals surface area contributed by atoms with Crippen molar-refractivity contribution in [1.82, 2.24) is 20.0 Å². The third-order valence-corrected chi connectivity index (χ3v) is 6.70. The summed E-state index contributed by atoms with van der Waals surface area (Å²) in [6.45, 7) is 5.97. The Morgan fingerprint density at radius 2 is 1.93 bits per heavy atom. The average Bonchev–Trinajstić information content (AvgIpc) is 3.19. The molecule has 156 valence electrons. The molecule has 0 radical (unpaired) electrons. The van der Waals surface area contributed by atoms with Crippen LogP contribution in [-0.2, 0) is 10.3 Å². The maximum absolute atomic E-state index is 13.0. The van der Waals surface area contributed by atoms with Crippen LogP contribution in [-0.4, -0.2) is 35.5 Å². The lowest BCUT2D eigenvalue weighted by Gasteiger charge is -2.49. The Labute approximate surface area is 176 Å². The van der Waals surface area contributed by atoms with Gasteiger partial charge in [0.2, 0.25) is 5.91 Å². The van der Waals surface area contributed by atoms with Crippen molar-refractivity contribution in [2.24, 2.45) is 17.8 Å². The Bertz CT molecular complexity index is 1070. The number of hydrogen-bond acceptors (Lipinski definition) is 4. The molecule has 3 atom stereocenters. The summed E-state index contributed by atoms with van der Waals surface area (Å²) >= 11 is 0. The van der Waals surface area contributed by atoms with E-state index in [-0.39, 0.29) is 11.8 Å². The van der Waals surface area contributed by atoms with Crippen LogP contribution >= 0.6 is 0 Å². The molecule has 3 aromatic rings. The van der Waals surface area contributed by atoms with Crippen LogP contribution in [0.25, 0.3) is 16.6 Å². The summed E-state index contributed by atoms with van der Waals surface area (Å²) in [5.74, 6) is 2.90. The first kappa shape index (κ1) is 19.1. The van der Waals surface area contributed by atoms with Crippen molar-refractivity contribution in [2.45, 2.75) is 25.8 Å². The second-order valence-electron chi connectivity index (χ2n) is 9.04. The fourth-order valence-corrected chi connectivity index (χ4v) is 5.12. The van der Waals surface area contributed by atoms with E-state index in [1.165, 1.54) is 6.42 Å². The lowest BCUT2D eigenvalue weighted by atomic mass is 9.61. The largest absolute Gasteiger partial charge is 0.497 e. The second kappa shape index (κ2) is 7.13. The summed E-state index contributed by atoms with van der Waals surface area (Å²) in [4.78, 5) is 17.8. The van der Waals surface area contributed by atoms with E-state index < -0.39 is 5.54 Å². The normalized spacial score (nSPS) is 23.1. The molecular formula is C24H28N4O2. The smallest absolute Gasteiger partial charge is 0.224 e. The number of imidazole rings is 1. The van der Waals surface area contributed by atoms with E-state index in [9.17, 15) is 4.79 Å². The number of nitrogens with one attached hydrogen (secondary N) is 2. The summed E-state index contributed by atoms with van der Waals surface area (Å²) < 4.78 is 7.36. The SMILES string of the molecule is COc1ccc(-c2cccn3c(C(C)(C)NC(=O)C4[C@@H]5CNC[C@H]4C5)ncc23)cc1. The number of carbonyl (C=O) groups is 1. The van der Waals surface area contributed by atoms with E-state index in [1.54, 1.807) is 7.11 Å². The zero-order valence-electron chi connectivity index (χ0n) is 17.7. The molecule has 1 amide bonds. The second-order valence-corrected chi connectivity index (χ2v) is 9.04. The monoisotopic (exact) mass is 404 g/mol. The number of aromatic nitrogens is 2. The summed E-state index contributed by atoms with van der Waals surface area (Å²) in [6, 6.07) is 12.2. The fraction of sp³-hybridized carbons (Fsp3) is 0.417. The predicted octanol–water partition coefficient (Wildman–Crippen LogP) is 3.22. The van der Waals surface area contributed by atoms with E-state index in [0.29, 0.717) is 11.8 Å². The molecule has 1 saturated heterocycles. The number of pyridine rings is 1. The Morgan fingerprint density at radius 1 is 1.20 bits per heavy atom. The van der Waals surface area contributed by atoms with Gasteiger partial charge < -0.3 is 19.8 Å². The van der Waals surface area contributed by atoms with Crippen molar-refractivity contribution in [2.75, 3.05) is 20.2 Å². The number of nitrogens with zero attached hydrogens (tertiary/aromatic N) is 2. The number of carbonyl (C=O) groups excluding carboxylic acids is 1. The number of hydrogen-bond donors (Lipinski definition) is 2. The molecule has 2 bridgehead atoms. The van der Waals surface area contributed by atoms with Crippen molar-refractivity contribution >= 4 is 11.4 Å². The Morgan fingerprint density at radius 3 is 2.60 bits per heavy atom. The fourth-order valence-electron chi connectivity index (χ4n) is 5.12. The van der Waals surface area contributed by atoms with Gasteiger partial charge in [-0.25, -0.2) is 4.98 Å². The molecule has 2 N–H and O–H groups in total. The minimum atomic E-state index is -0.570. The molecule has 6 nitrogen and oxygen atoms in total. The van der Waals surface area contributed by atoms with Gasteiger partial charge in [0.25, 0.3) is 0 Å². The molecule has 6 heteroatoms. The molecule has 2 fully saturated rings. The highest BCUT2D eigenvalue weighted by Gasteiger charge is 2.48. The molecule has 1 aromatic carbocycles. The lowest BCUT2D eigenvalue weighted by molar-refractivity contribution is -0.138. The zero-order chi connectivity index (χ0) is 20.9. The zero-order valence-corrected chi connectivity index (χ0v) is 17.7. The molecule has 1 unspecified atom stereocenters. The molecule has 1 saturated carbocycles. The highest BCUT2D eigenvalue weighted by atomic mass is 16.5. The van der Waals surface area contributed by atoms with Crippen LogP contribution in [0.5, 0.6) is 5.75 Å². The number of piperidine rings is 2. The van der Waals surface area contributed by atoms with Crippen LogP contribution in [0.2, 0.25) is 0 Å². The third-order valence-electron chi connectivity index (χ3n) is 6.70. The third kappa shape index (κ3) is 3.06. The number of benzene rings is 1. The van der Waals surface area contributed by atoms with E-state index in [0.717, 1.165) is 41.3 Å². The van der Waals surface area contributed by atoms with E-state index in [1.807, 2.05) is 44.4 Å². The van der Waals surface area contributed by atoms with E-state index in [2.05, 4.69) is 33.2 Å². The van der Waals surface area contributed by atoms with E-state index >= 15 is 0 Å². The van der Waals surface area contributed by atoms with Gasteiger partial charge in [0, 0.05) is 17.7 Å². The van der Waals surface area contributed by atoms with Gasteiger partial charge in [-0.15, -0.1) is 0 Å².